The summed E-state index contributed by atoms with van der Waals surface area (Å²) in [6, 6.07) is 5.29. The Kier molecular flexibility index (Phi) is 19.3. The summed E-state index contributed by atoms with van der Waals surface area (Å²) in [5.74, 6) is -0.419. The van der Waals surface area contributed by atoms with Gasteiger partial charge in [0.1, 0.15) is 13.2 Å². The van der Waals surface area contributed by atoms with Gasteiger partial charge in [0.15, 0.2) is 0 Å². The van der Waals surface area contributed by atoms with Gasteiger partial charge in [-0.2, -0.15) is 0 Å². The summed E-state index contributed by atoms with van der Waals surface area (Å²) in [5.41, 5.74) is 0.592. The van der Waals surface area contributed by atoms with E-state index in [1.807, 2.05) is 0 Å². The number of unbranched alkanes of at least 4 members (excludes halogenated alkanes) is 15. The molecule has 0 spiro atoms. The Bertz CT molecular complexity index is 863. The van der Waals surface area contributed by atoms with Gasteiger partial charge in [-0.3, -0.25) is 9.78 Å². The molecule has 1 aromatic heterocycles. The normalized spacial score (nSPS) is 16.0. The summed E-state index contributed by atoms with van der Waals surface area (Å²) in [6.45, 7) is 4.44. The summed E-state index contributed by atoms with van der Waals surface area (Å²) in [4.78, 5) is 41.3. The number of aromatic nitrogens is 1. The van der Waals surface area contributed by atoms with Crippen molar-refractivity contribution in [2.45, 2.75) is 142 Å². The number of alkyl carbamates (subject to hydrolysis) is 1. The number of hydrogen-bond acceptors (Lipinski definition) is 7. The molecule has 1 aliphatic rings. The SMILES string of the molecule is CCCCCCCCCCCCCCCCCCNC(=O)OC[C@H]1C[C@@H](COC(=O)N(Cc2ccccn2)C(C)=O)O1. The molecule has 9 nitrogen and oxygen atoms in total. The molecule has 2 heterocycles. The minimum Gasteiger partial charge on any atom is -0.447 e. The van der Waals surface area contributed by atoms with Crippen LogP contribution in [0.2, 0.25) is 0 Å². The number of nitrogens with zero attached hydrogens (tertiary/aromatic N) is 2. The van der Waals surface area contributed by atoms with Crippen molar-refractivity contribution in [1.29, 1.82) is 0 Å². The van der Waals surface area contributed by atoms with Gasteiger partial charge in [-0.15, -0.1) is 0 Å². The highest BCUT2D eigenvalue weighted by Gasteiger charge is 2.33. The first-order valence-electron chi connectivity index (χ1n) is 16.4. The molecule has 1 aliphatic heterocycles. The van der Waals surface area contributed by atoms with Crippen LogP contribution in [0, 0.1) is 0 Å². The van der Waals surface area contributed by atoms with Gasteiger partial charge in [-0.25, -0.2) is 14.5 Å². The largest absolute Gasteiger partial charge is 0.447 e. The van der Waals surface area contributed by atoms with Crippen molar-refractivity contribution in [3.63, 3.8) is 0 Å². The molecule has 0 aromatic carbocycles. The maximum Gasteiger partial charge on any atom is 0.416 e. The van der Waals surface area contributed by atoms with Crippen molar-refractivity contribution >= 4 is 18.1 Å². The van der Waals surface area contributed by atoms with Crippen LogP contribution < -0.4 is 5.32 Å². The number of amides is 3. The molecule has 0 bridgehead atoms. The average Bonchev–Trinajstić information content (AvgIpc) is 2.96. The van der Waals surface area contributed by atoms with Crippen LogP contribution in [-0.2, 0) is 25.5 Å². The van der Waals surface area contributed by atoms with Gasteiger partial charge in [0.25, 0.3) is 0 Å². The third-order valence-electron chi connectivity index (χ3n) is 7.65. The van der Waals surface area contributed by atoms with Crippen molar-refractivity contribution in [1.82, 2.24) is 15.2 Å². The zero-order valence-electron chi connectivity index (χ0n) is 26.2. The van der Waals surface area contributed by atoms with Crippen LogP contribution in [0.3, 0.4) is 0 Å². The fourth-order valence-electron chi connectivity index (χ4n) is 5.05. The number of carbonyl (C=O) groups excluding carboxylic acids is 3. The van der Waals surface area contributed by atoms with Crippen molar-refractivity contribution in [3.05, 3.63) is 30.1 Å². The molecule has 0 saturated carbocycles. The summed E-state index contributed by atoms with van der Waals surface area (Å²) < 4.78 is 16.1. The Morgan fingerprint density at radius 2 is 1.36 bits per heavy atom. The second-order valence-electron chi connectivity index (χ2n) is 11.4. The molecule has 42 heavy (non-hydrogen) atoms. The van der Waals surface area contributed by atoms with E-state index in [4.69, 9.17) is 14.2 Å². The van der Waals surface area contributed by atoms with Crippen molar-refractivity contribution in [2.75, 3.05) is 19.8 Å². The smallest absolute Gasteiger partial charge is 0.416 e. The number of ether oxygens (including phenoxy) is 3. The molecule has 0 unspecified atom stereocenters. The van der Waals surface area contributed by atoms with Gasteiger partial charge in [-0.1, -0.05) is 109 Å². The number of nitrogens with one attached hydrogen (secondary N) is 1. The van der Waals surface area contributed by atoms with Crippen LogP contribution in [0.15, 0.2) is 24.4 Å². The number of pyridine rings is 1. The van der Waals surface area contributed by atoms with Crippen LogP contribution in [0.5, 0.6) is 0 Å². The zero-order valence-corrected chi connectivity index (χ0v) is 26.2. The molecule has 1 fully saturated rings. The maximum atomic E-state index is 12.3. The van der Waals surface area contributed by atoms with E-state index < -0.39 is 18.1 Å². The molecule has 238 valence electrons. The number of hydrogen-bond donors (Lipinski definition) is 1. The Morgan fingerprint density at radius 1 is 0.833 bits per heavy atom. The van der Waals surface area contributed by atoms with Crippen LogP contribution >= 0.6 is 0 Å². The third-order valence-corrected chi connectivity index (χ3v) is 7.65. The number of carbonyl (C=O) groups is 3. The minimum atomic E-state index is -0.732. The summed E-state index contributed by atoms with van der Waals surface area (Å²) in [5, 5.41) is 2.80. The van der Waals surface area contributed by atoms with Crippen LogP contribution in [0.4, 0.5) is 9.59 Å². The van der Waals surface area contributed by atoms with Gasteiger partial charge in [0, 0.05) is 26.1 Å². The Balaban J connectivity index is 1.35. The van der Waals surface area contributed by atoms with E-state index >= 15 is 0 Å². The molecule has 1 aromatic rings. The van der Waals surface area contributed by atoms with Crippen molar-refractivity contribution in [2.24, 2.45) is 0 Å². The molecular weight excluding hydrogens is 534 g/mol. The van der Waals surface area contributed by atoms with E-state index in [0.29, 0.717) is 18.7 Å². The van der Waals surface area contributed by atoms with E-state index in [1.165, 1.54) is 96.8 Å². The minimum absolute atomic E-state index is 0.0345. The second-order valence-corrected chi connectivity index (χ2v) is 11.4. The van der Waals surface area contributed by atoms with Gasteiger partial charge < -0.3 is 19.5 Å². The number of rotatable bonds is 23. The fraction of sp³-hybridized carbons (Fsp3) is 0.758. The van der Waals surface area contributed by atoms with Crippen LogP contribution in [0.1, 0.15) is 129 Å². The molecule has 9 heteroatoms. The standard InChI is InChI=1S/C33H55N3O6/c1-3-4-5-6-7-8-9-10-11-12-13-14-15-16-17-19-23-35-32(38)40-26-30-24-31(42-30)27-41-33(39)36(28(2)37)25-29-21-18-20-22-34-29/h18,20-22,30-31H,3-17,19,23-27H2,1-2H3,(H,35,38)/t30-,31+/m1/s1. The highest BCUT2D eigenvalue weighted by atomic mass is 16.6. The highest BCUT2D eigenvalue weighted by Crippen LogP contribution is 2.21. The Labute approximate surface area is 253 Å². The van der Waals surface area contributed by atoms with Crippen LogP contribution in [-0.4, -0.2) is 59.9 Å². The maximum absolute atomic E-state index is 12.3. The lowest BCUT2D eigenvalue weighted by molar-refractivity contribution is -0.160. The first-order valence-corrected chi connectivity index (χ1v) is 16.4. The lowest BCUT2D eigenvalue weighted by Crippen LogP contribution is -2.45. The van der Waals surface area contributed by atoms with E-state index in [0.717, 1.165) is 17.7 Å². The highest BCUT2D eigenvalue weighted by molar-refractivity contribution is 5.90. The molecule has 3 amide bonds. The van der Waals surface area contributed by atoms with E-state index in [2.05, 4.69) is 17.2 Å². The second kappa shape index (κ2) is 22.9. The fourth-order valence-corrected chi connectivity index (χ4v) is 5.05. The molecule has 1 saturated heterocycles. The van der Waals surface area contributed by atoms with Gasteiger partial charge >= 0.3 is 12.2 Å². The van der Waals surface area contributed by atoms with E-state index in [9.17, 15) is 14.4 Å². The molecular formula is C33H55N3O6. The van der Waals surface area contributed by atoms with Gasteiger partial charge in [-0.05, 0) is 18.6 Å². The first kappa shape index (κ1) is 35.5. The average molecular weight is 590 g/mol. The van der Waals surface area contributed by atoms with E-state index in [1.54, 1.807) is 24.4 Å². The molecule has 0 radical (unpaired) electrons. The summed E-state index contributed by atoms with van der Waals surface area (Å²) >= 11 is 0. The summed E-state index contributed by atoms with van der Waals surface area (Å²) in [7, 11) is 0. The predicted molar refractivity (Wildman–Crippen MR) is 164 cm³/mol. The first-order chi connectivity index (χ1) is 20.5. The van der Waals surface area contributed by atoms with Crippen LogP contribution in [0.25, 0.3) is 0 Å². The lowest BCUT2D eigenvalue weighted by atomic mass is 10.0. The topological polar surface area (TPSA) is 107 Å². The van der Waals surface area contributed by atoms with Gasteiger partial charge in [0.2, 0.25) is 5.91 Å². The molecule has 1 N–H and O–H groups in total. The number of imide groups is 1. The monoisotopic (exact) mass is 589 g/mol. The quantitative estimate of drug-likeness (QED) is 0.130. The molecule has 2 atom stereocenters. The third kappa shape index (κ3) is 16.7. The molecule has 2 rings (SSSR count). The Hall–Kier alpha value is -2.68. The molecule has 0 aliphatic carbocycles. The van der Waals surface area contributed by atoms with E-state index in [-0.39, 0.29) is 32.0 Å². The van der Waals surface area contributed by atoms with Crippen molar-refractivity contribution in [3.8, 4) is 0 Å². The predicted octanol–water partition coefficient (Wildman–Crippen LogP) is 7.71. The zero-order chi connectivity index (χ0) is 30.3. The summed E-state index contributed by atoms with van der Waals surface area (Å²) in [6.07, 6.45) is 21.7. The van der Waals surface area contributed by atoms with Gasteiger partial charge in [0.05, 0.1) is 24.4 Å². The lowest BCUT2D eigenvalue weighted by Gasteiger charge is -2.35. The van der Waals surface area contributed by atoms with Crippen molar-refractivity contribution < 1.29 is 28.6 Å². The Morgan fingerprint density at radius 3 is 1.86 bits per heavy atom.